The zero-order valence-corrected chi connectivity index (χ0v) is 24.8. The first-order valence-corrected chi connectivity index (χ1v) is 14.7. The topological polar surface area (TPSA) is 95.9 Å². The third-order valence-electron chi connectivity index (χ3n) is 9.68. The molecule has 5 rings (SSSR count). The lowest BCUT2D eigenvalue weighted by Crippen LogP contribution is -2.61. The van der Waals surface area contributed by atoms with Gasteiger partial charge in [0.25, 0.3) is 0 Å². The number of carbonyl (C=O) groups is 1. The number of epoxide rings is 2. The highest BCUT2D eigenvalue weighted by Gasteiger charge is 2.72. The summed E-state index contributed by atoms with van der Waals surface area (Å²) < 4.78 is 20.9. The number of allylic oxidation sites excluding steroid dienone is 1. The lowest BCUT2D eigenvalue weighted by molar-refractivity contribution is -0.102. The molecule has 3 aliphatic heterocycles. The van der Waals surface area contributed by atoms with Gasteiger partial charge >= 0.3 is 6.09 Å². The van der Waals surface area contributed by atoms with Gasteiger partial charge < -0.3 is 28.8 Å². The van der Waals surface area contributed by atoms with E-state index >= 15 is 0 Å². The molecule has 1 aliphatic carbocycles. The van der Waals surface area contributed by atoms with Crippen LogP contribution in [0.3, 0.4) is 0 Å². The molecule has 39 heavy (non-hydrogen) atoms. The number of imidazole rings is 1. The van der Waals surface area contributed by atoms with Gasteiger partial charge in [0.2, 0.25) is 0 Å². The molecule has 1 aromatic rings. The van der Waals surface area contributed by atoms with E-state index in [2.05, 4.69) is 63.4 Å². The zero-order valence-electron chi connectivity index (χ0n) is 24.8. The van der Waals surface area contributed by atoms with Gasteiger partial charge in [-0.2, -0.15) is 0 Å². The molecule has 9 heteroatoms. The van der Waals surface area contributed by atoms with Crippen LogP contribution in [0.1, 0.15) is 72.0 Å². The monoisotopic (exact) mass is 544 g/mol. The summed E-state index contributed by atoms with van der Waals surface area (Å²) in [5, 5.41) is 10.7. The number of nitrogens with zero attached hydrogens (tertiary/aromatic N) is 4. The summed E-state index contributed by atoms with van der Waals surface area (Å²) in [5.74, 6) is 0.593. The van der Waals surface area contributed by atoms with Crippen LogP contribution < -0.4 is 0 Å². The fourth-order valence-corrected chi connectivity index (χ4v) is 7.64. The van der Waals surface area contributed by atoms with Crippen LogP contribution in [0.4, 0.5) is 4.79 Å². The highest BCUT2D eigenvalue weighted by atomic mass is 16.6. The molecule has 3 saturated heterocycles. The van der Waals surface area contributed by atoms with E-state index in [1.54, 1.807) is 12.0 Å². The number of hydrogen-bond acceptors (Lipinski definition) is 6. The second-order valence-corrected chi connectivity index (χ2v) is 13.2. The Hall–Kier alpha value is -1.94. The first-order valence-electron chi connectivity index (χ1n) is 14.7. The Bertz CT molecular complexity index is 1060. The van der Waals surface area contributed by atoms with E-state index in [0.717, 1.165) is 38.2 Å². The number of hydrogen-bond donors (Lipinski definition) is 1. The fourth-order valence-electron chi connectivity index (χ4n) is 7.64. The van der Waals surface area contributed by atoms with E-state index < -0.39 is 11.7 Å². The van der Waals surface area contributed by atoms with Gasteiger partial charge in [-0.15, -0.1) is 0 Å². The highest BCUT2D eigenvalue weighted by molar-refractivity contribution is 5.66. The Morgan fingerprint density at radius 1 is 1.36 bits per heavy atom. The average Bonchev–Trinajstić information content (AvgIpc) is 3.65. The molecule has 1 saturated carbocycles. The third-order valence-corrected chi connectivity index (χ3v) is 9.68. The number of rotatable bonds is 10. The van der Waals surface area contributed by atoms with Gasteiger partial charge in [-0.3, -0.25) is 4.90 Å². The molecule has 8 atom stereocenters. The van der Waals surface area contributed by atoms with Gasteiger partial charge in [0.1, 0.15) is 5.60 Å². The molecular formula is C30H48N4O5. The summed E-state index contributed by atoms with van der Waals surface area (Å²) in [6.07, 6.45) is 8.49. The van der Waals surface area contributed by atoms with Crippen LogP contribution >= 0.6 is 0 Å². The maximum Gasteiger partial charge on any atom is 0.408 e. The number of likely N-dealkylation sites (tertiary alicyclic amines) is 1. The molecule has 0 bridgehead atoms. The van der Waals surface area contributed by atoms with Crippen LogP contribution in [0.25, 0.3) is 0 Å². The van der Waals surface area contributed by atoms with Crippen LogP contribution in [0.2, 0.25) is 0 Å². The first kappa shape index (κ1) is 28.6. The van der Waals surface area contributed by atoms with Crippen LogP contribution in [-0.4, -0.2) is 93.9 Å². The highest BCUT2D eigenvalue weighted by Crippen LogP contribution is 2.60. The Morgan fingerprint density at radius 3 is 2.67 bits per heavy atom. The van der Waals surface area contributed by atoms with Crippen molar-refractivity contribution in [2.75, 3.05) is 33.9 Å². The second-order valence-electron chi connectivity index (χ2n) is 13.2. The van der Waals surface area contributed by atoms with Gasteiger partial charge in [0.15, 0.2) is 0 Å². The summed E-state index contributed by atoms with van der Waals surface area (Å²) in [7, 11) is 3.87. The SMILES string of the molecule is CO[C@@H]1[C@H](N(C(=O)O)[C@H](c2cn(C[C@H]3CCN(C)C3)cn2)C(C)C)CC[C@]2(CO2)[C@H]1[C@@]1(C)O[C@@H]1CC=C(C)C. The van der Waals surface area contributed by atoms with Crippen molar-refractivity contribution in [2.24, 2.45) is 17.8 Å². The third kappa shape index (κ3) is 5.52. The molecule has 1 aromatic heterocycles. The van der Waals surface area contributed by atoms with Crippen molar-refractivity contribution in [3.63, 3.8) is 0 Å². The number of ether oxygens (including phenoxy) is 3. The minimum atomic E-state index is -0.929. The van der Waals surface area contributed by atoms with Crippen molar-refractivity contribution in [1.29, 1.82) is 0 Å². The minimum absolute atomic E-state index is 0.0455. The number of methoxy groups -OCH3 is 1. The van der Waals surface area contributed by atoms with E-state index in [1.807, 2.05) is 6.33 Å². The van der Waals surface area contributed by atoms with Gasteiger partial charge in [-0.25, -0.2) is 9.78 Å². The standard InChI is InChI=1S/C30H48N4O5/c1-19(2)8-9-24-29(5,39-24)27-26(37-7)23(10-12-30(27)17-38-30)34(28(35)36)25(20(3)4)22-16-33(18-31-22)15-21-11-13-32(6)14-21/h8,16,18,20-21,23-27H,9-15,17H2,1-7H3,(H,35,36)/t21-,23+,24+,25-,26+,27+,29-,30-/m0/s1. The molecule has 1 N–H and O–H groups in total. The Labute approximate surface area is 233 Å². The summed E-state index contributed by atoms with van der Waals surface area (Å²) in [5.41, 5.74) is 1.38. The van der Waals surface area contributed by atoms with Crippen molar-refractivity contribution < 1.29 is 24.1 Å². The van der Waals surface area contributed by atoms with Crippen molar-refractivity contribution >= 4 is 6.09 Å². The molecule has 0 aromatic carbocycles. The normalized spacial score (nSPS) is 36.8. The van der Waals surface area contributed by atoms with Gasteiger partial charge in [0, 0.05) is 32.3 Å². The largest absolute Gasteiger partial charge is 0.465 e. The molecule has 0 radical (unpaired) electrons. The second kappa shape index (κ2) is 10.8. The van der Waals surface area contributed by atoms with E-state index in [-0.39, 0.29) is 41.7 Å². The lowest BCUT2D eigenvalue weighted by atomic mass is 9.67. The first-order chi connectivity index (χ1) is 18.5. The van der Waals surface area contributed by atoms with E-state index in [4.69, 9.17) is 19.2 Å². The van der Waals surface area contributed by atoms with Gasteiger partial charge in [-0.05, 0) is 71.9 Å². The van der Waals surface area contributed by atoms with E-state index in [1.165, 1.54) is 12.0 Å². The molecule has 1 spiro atoms. The predicted molar refractivity (Wildman–Crippen MR) is 149 cm³/mol. The lowest BCUT2D eigenvalue weighted by Gasteiger charge is -2.48. The Kier molecular flexibility index (Phi) is 7.92. The van der Waals surface area contributed by atoms with Crippen molar-refractivity contribution in [3.8, 4) is 0 Å². The summed E-state index contributed by atoms with van der Waals surface area (Å²) in [6.45, 7) is 14.3. The molecule has 9 nitrogen and oxygen atoms in total. The molecule has 4 heterocycles. The Balaban J connectivity index is 1.41. The number of amides is 1. The molecule has 4 aliphatic rings. The fraction of sp³-hybridized carbons (Fsp3) is 0.800. The molecule has 0 unspecified atom stereocenters. The summed E-state index contributed by atoms with van der Waals surface area (Å²) >= 11 is 0. The Morgan fingerprint density at radius 2 is 2.10 bits per heavy atom. The molecule has 218 valence electrons. The molecule has 4 fully saturated rings. The van der Waals surface area contributed by atoms with Crippen molar-refractivity contribution in [2.45, 2.75) is 102 Å². The quantitative estimate of drug-likeness (QED) is 0.340. The smallest absolute Gasteiger partial charge is 0.408 e. The maximum absolute atomic E-state index is 13.1. The van der Waals surface area contributed by atoms with E-state index in [9.17, 15) is 9.90 Å². The molecule has 1 amide bonds. The molecular weight excluding hydrogens is 496 g/mol. The van der Waals surface area contributed by atoms with Gasteiger partial charge in [-0.1, -0.05) is 25.5 Å². The number of carboxylic acid groups (broad SMARTS) is 1. The van der Waals surface area contributed by atoms with Crippen molar-refractivity contribution in [1.82, 2.24) is 19.4 Å². The number of aromatic nitrogens is 2. The van der Waals surface area contributed by atoms with Crippen molar-refractivity contribution in [3.05, 3.63) is 29.9 Å². The van der Waals surface area contributed by atoms with Gasteiger partial charge in [0.05, 0.1) is 48.5 Å². The average molecular weight is 545 g/mol. The summed E-state index contributed by atoms with van der Waals surface area (Å²) in [6, 6.07) is -0.694. The minimum Gasteiger partial charge on any atom is -0.465 e. The van der Waals surface area contributed by atoms with E-state index in [0.29, 0.717) is 18.9 Å². The maximum atomic E-state index is 13.1. The predicted octanol–water partition coefficient (Wildman–Crippen LogP) is 4.59. The summed E-state index contributed by atoms with van der Waals surface area (Å²) in [4.78, 5) is 21.8. The van der Waals surface area contributed by atoms with Crippen LogP contribution in [0.5, 0.6) is 0 Å². The van der Waals surface area contributed by atoms with Crippen LogP contribution in [0.15, 0.2) is 24.2 Å². The van der Waals surface area contributed by atoms with Crippen LogP contribution in [0, 0.1) is 17.8 Å². The zero-order chi connectivity index (χ0) is 28.1. The van der Waals surface area contributed by atoms with Crippen LogP contribution in [-0.2, 0) is 20.8 Å².